The topological polar surface area (TPSA) is 29.1 Å². The average Bonchev–Trinajstić information content (AvgIpc) is 2.55. The van der Waals surface area contributed by atoms with Crippen LogP contribution in [0.4, 0.5) is 0 Å². The number of nitrogens with one attached hydrogen (secondary N) is 1. The van der Waals surface area contributed by atoms with Crippen molar-refractivity contribution in [3.63, 3.8) is 0 Å². The summed E-state index contributed by atoms with van der Waals surface area (Å²) in [5, 5.41) is 3.77. The van der Waals surface area contributed by atoms with Crippen LogP contribution in [0.2, 0.25) is 5.02 Å². The largest absolute Gasteiger partial charge is 0.355 e. The van der Waals surface area contributed by atoms with Gasteiger partial charge in [-0.3, -0.25) is 4.79 Å². The minimum absolute atomic E-state index is 0.0403. The fourth-order valence-electron chi connectivity index (χ4n) is 2.59. The first-order valence-corrected chi connectivity index (χ1v) is 9.32. The van der Waals surface area contributed by atoms with E-state index in [2.05, 4.69) is 18.3 Å². The first kappa shape index (κ1) is 17.4. The van der Waals surface area contributed by atoms with Crippen LogP contribution in [-0.4, -0.2) is 17.7 Å². The first-order valence-electron chi connectivity index (χ1n) is 8.07. The Morgan fingerprint density at radius 1 is 1.32 bits per heavy atom. The Hall–Kier alpha value is -0.930. The van der Waals surface area contributed by atoms with Crippen molar-refractivity contribution in [2.24, 2.45) is 0 Å². The van der Waals surface area contributed by atoms with E-state index in [9.17, 15) is 4.79 Å². The Morgan fingerprint density at radius 3 is 2.73 bits per heavy atom. The lowest BCUT2D eigenvalue weighted by molar-refractivity contribution is -0.120. The fraction of sp³-hybridized carbons (Fsp3) is 0.500. The van der Waals surface area contributed by atoms with E-state index in [-0.39, 0.29) is 11.2 Å². The van der Waals surface area contributed by atoms with Crippen LogP contribution < -0.4 is 5.32 Å². The van der Waals surface area contributed by atoms with Crippen molar-refractivity contribution in [1.82, 2.24) is 5.32 Å². The highest BCUT2D eigenvalue weighted by atomic mass is 35.5. The van der Waals surface area contributed by atoms with Crippen molar-refractivity contribution in [2.75, 3.05) is 6.54 Å². The van der Waals surface area contributed by atoms with Crippen LogP contribution in [0.1, 0.15) is 45.4 Å². The minimum atomic E-state index is -0.0403. The van der Waals surface area contributed by atoms with Gasteiger partial charge in [-0.05, 0) is 62.8 Å². The van der Waals surface area contributed by atoms with Gasteiger partial charge in [0, 0.05) is 16.5 Å². The Bertz CT molecular complexity index is 512. The number of carbonyl (C=O) groups excluding carboxylic acids is 1. The molecule has 1 aromatic rings. The Labute approximate surface area is 142 Å². The molecule has 1 aromatic carbocycles. The summed E-state index contributed by atoms with van der Waals surface area (Å²) < 4.78 is 0. The van der Waals surface area contributed by atoms with Gasteiger partial charge in [0.1, 0.15) is 0 Å². The number of halogens is 1. The van der Waals surface area contributed by atoms with E-state index in [4.69, 9.17) is 11.6 Å². The van der Waals surface area contributed by atoms with Gasteiger partial charge in [-0.15, -0.1) is 11.8 Å². The maximum atomic E-state index is 12.3. The van der Waals surface area contributed by atoms with Gasteiger partial charge in [-0.2, -0.15) is 0 Å². The maximum Gasteiger partial charge on any atom is 0.233 e. The summed E-state index contributed by atoms with van der Waals surface area (Å²) in [6.07, 6.45) is 9.17. The molecule has 0 heterocycles. The second kappa shape index (κ2) is 9.26. The van der Waals surface area contributed by atoms with Gasteiger partial charge >= 0.3 is 0 Å². The van der Waals surface area contributed by atoms with Crippen molar-refractivity contribution >= 4 is 29.3 Å². The van der Waals surface area contributed by atoms with Crippen molar-refractivity contribution in [1.29, 1.82) is 0 Å². The lowest BCUT2D eigenvalue weighted by Crippen LogP contribution is -2.33. The zero-order chi connectivity index (χ0) is 15.8. The monoisotopic (exact) mass is 337 g/mol. The van der Waals surface area contributed by atoms with E-state index >= 15 is 0 Å². The summed E-state index contributed by atoms with van der Waals surface area (Å²) >= 11 is 7.50. The molecule has 0 saturated carbocycles. The summed E-state index contributed by atoms with van der Waals surface area (Å²) in [7, 11) is 0. The van der Waals surface area contributed by atoms with Crippen molar-refractivity contribution in [3.8, 4) is 0 Å². The predicted molar refractivity (Wildman–Crippen MR) is 95.6 cm³/mol. The van der Waals surface area contributed by atoms with Crippen LogP contribution in [0, 0.1) is 0 Å². The van der Waals surface area contributed by atoms with Crippen molar-refractivity contribution in [3.05, 3.63) is 40.9 Å². The third-order valence-corrected chi connectivity index (χ3v) is 5.51. The quantitative estimate of drug-likeness (QED) is 0.546. The maximum absolute atomic E-state index is 12.3. The number of rotatable bonds is 7. The summed E-state index contributed by atoms with van der Waals surface area (Å²) in [5.41, 5.74) is 1.50. The molecule has 0 bridgehead atoms. The van der Waals surface area contributed by atoms with E-state index in [0.717, 1.165) is 29.3 Å². The molecule has 4 heteroatoms. The number of hydrogen-bond donors (Lipinski definition) is 1. The van der Waals surface area contributed by atoms with Crippen LogP contribution in [0.25, 0.3) is 0 Å². The zero-order valence-electron chi connectivity index (χ0n) is 13.1. The molecule has 0 saturated heterocycles. The van der Waals surface area contributed by atoms with Gasteiger partial charge in [-0.1, -0.05) is 30.2 Å². The van der Waals surface area contributed by atoms with E-state index in [1.165, 1.54) is 31.3 Å². The Kier molecular flexibility index (Phi) is 7.34. The van der Waals surface area contributed by atoms with Crippen LogP contribution in [-0.2, 0) is 4.79 Å². The van der Waals surface area contributed by atoms with Gasteiger partial charge in [0.25, 0.3) is 0 Å². The molecule has 1 N–H and O–H groups in total. The molecule has 0 aromatic heterocycles. The van der Waals surface area contributed by atoms with Gasteiger partial charge in [0.05, 0.1) is 5.25 Å². The molecule has 0 unspecified atom stereocenters. The molecule has 0 radical (unpaired) electrons. The third-order valence-electron chi connectivity index (χ3n) is 3.89. The minimum Gasteiger partial charge on any atom is -0.355 e. The van der Waals surface area contributed by atoms with Gasteiger partial charge in [-0.25, -0.2) is 0 Å². The summed E-state index contributed by atoms with van der Waals surface area (Å²) in [6.45, 7) is 2.80. The Balaban J connectivity index is 1.78. The van der Waals surface area contributed by atoms with E-state index < -0.39 is 0 Å². The molecule has 1 amide bonds. The molecule has 22 heavy (non-hydrogen) atoms. The SMILES string of the molecule is CC[C@@H](Sc1ccc(Cl)cc1)C(=O)NCCC1=CCCCC1. The standard InChI is InChI=1S/C18H24ClNOS/c1-2-17(22-16-10-8-15(19)9-11-16)18(21)20-13-12-14-6-4-3-5-7-14/h6,8-11,17H,2-5,7,12-13H2,1H3,(H,20,21)/t17-/m1/s1. The lowest BCUT2D eigenvalue weighted by Gasteiger charge is -2.16. The molecule has 2 rings (SSSR count). The zero-order valence-corrected chi connectivity index (χ0v) is 14.7. The van der Waals surface area contributed by atoms with Crippen LogP contribution in [0.5, 0.6) is 0 Å². The van der Waals surface area contributed by atoms with Gasteiger partial charge in [0.15, 0.2) is 0 Å². The van der Waals surface area contributed by atoms with Crippen molar-refractivity contribution < 1.29 is 4.79 Å². The fourth-order valence-corrected chi connectivity index (χ4v) is 3.70. The molecule has 1 aliphatic carbocycles. The summed E-state index contributed by atoms with van der Waals surface area (Å²) in [4.78, 5) is 13.4. The molecule has 120 valence electrons. The van der Waals surface area contributed by atoms with Crippen molar-refractivity contribution in [2.45, 2.75) is 55.6 Å². The normalized spacial score (nSPS) is 16.0. The smallest absolute Gasteiger partial charge is 0.233 e. The molecule has 0 spiro atoms. The van der Waals surface area contributed by atoms with E-state index in [0.29, 0.717) is 0 Å². The summed E-state index contributed by atoms with van der Waals surface area (Å²) in [5.74, 6) is 0.138. The second-order valence-electron chi connectivity index (χ2n) is 5.62. The lowest BCUT2D eigenvalue weighted by atomic mass is 9.97. The Morgan fingerprint density at radius 2 is 2.09 bits per heavy atom. The van der Waals surface area contributed by atoms with Crippen LogP contribution in [0.15, 0.2) is 40.8 Å². The van der Waals surface area contributed by atoms with Crippen LogP contribution >= 0.6 is 23.4 Å². The molecular weight excluding hydrogens is 314 g/mol. The molecule has 1 aliphatic rings. The average molecular weight is 338 g/mol. The first-order chi connectivity index (χ1) is 10.7. The van der Waals surface area contributed by atoms with Gasteiger partial charge < -0.3 is 5.32 Å². The highest BCUT2D eigenvalue weighted by Crippen LogP contribution is 2.27. The highest BCUT2D eigenvalue weighted by molar-refractivity contribution is 8.00. The number of allylic oxidation sites excluding steroid dienone is 1. The molecule has 1 atom stereocenters. The van der Waals surface area contributed by atoms with Crippen LogP contribution in [0.3, 0.4) is 0 Å². The number of thioether (sulfide) groups is 1. The van der Waals surface area contributed by atoms with E-state index in [1.807, 2.05) is 24.3 Å². The molecule has 0 aliphatic heterocycles. The number of amides is 1. The van der Waals surface area contributed by atoms with E-state index in [1.54, 1.807) is 11.8 Å². The second-order valence-corrected chi connectivity index (χ2v) is 7.33. The number of benzene rings is 1. The number of carbonyl (C=O) groups is 1. The van der Waals surface area contributed by atoms with Gasteiger partial charge in [0.2, 0.25) is 5.91 Å². The molecule has 0 fully saturated rings. The molecule has 2 nitrogen and oxygen atoms in total. The summed E-state index contributed by atoms with van der Waals surface area (Å²) in [6, 6.07) is 7.67. The highest BCUT2D eigenvalue weighted by Gasteiger charge is 2.17. The third kappa shape index (κ3) is 5.69. The molecular formula is C18H24ClNOS. The number of hydrogen-bond acceptors (Lipinski definition) is 2. The predicted octanol–water partition coefficient (Wildman–Crippen LogP) is 5.22.